The first-order valence-corrected chi connectivity index (χ1v) is 7.29. The highest BCUT2D eigenvalue weighted by atomic mass is 32.2. The monoisotopic (exact) mass is 268 g/mol. The number of carbonyl (C=O) groups is 1. The van der Waals surface area contributed by atoms with Gasteiger partial charge in [-0.2, -0.15) is 0 Å². The predicted molar refractivity (Wildman–Crippen MR) is 74.5 cm³/mol. The molecular weight excluding hydrogens is 256 g/mol. The summed E-state index contributed by atoms with van der Waals surface area (Å²) in [7, 11) is 0. The molecule has 2 atom stereocenters. The summed E-state index contributed by atoms with van der Waals surface area (Å²) in [6.07, 6.45) is -0.0814. The van der Waals surface area contributed by atoms with Gasteiger partial charge in [-0.25, -0.2) is 0 Å². The number of fused-ring (bicyclic) bond motifs is 1. The quantitative estimate of drug-likeness (QED) is 0.742. The van der Waals surface area contributed by atoms with E-state index in [4.69, 9.17) is 4.74 Å². The molecule has 0 bridgehead atoms. The molecule has 3 heteroatoms. The molecule has 0 amide bonds. The molecule has 0 saturated carbocycles. The third-order valence-electron chi connectivity index (χ3n) is 3.75. The van der Waals surface area contributed by atoms with E-state index in [1.165, 1.54) is 0 Å². The second-order valence-electron chi connectivity index (χ2n) is 4.91. The van der Waals surface area contributed by atoms with Crippen LogP contribution in [-0.4, -0.2) is 17.1 Å². The Bertz CT molecular complexity index is 653. The van der Waals surface area contributed by atoms with Crippen LogP contribution < -0.4 is 0 Å². The Hall–Kier alpha value is -1.58. The molecule has 2 aromatic carbocycles. The zero-order valence-electron chi connectivity index (χ0n) is 10.2. The number of ketones is 1. The minimum Gasteiger partial charge on any atom is -0.351 e. The van der Waals surface area contributed by atoms with Gasteiger partial charge in [0.15, 0.2) is 11.4 Å². The third-order valence-corrected chi connectivity index (χ3v) is 5.00. The van der Waals surface area contributed by atoms with Gasteiger partial charge in [0.2, 0.25) is 0 Å². The maximum atomic E-state index is 12.6. The van der Waals surface area contributed by atoms with E-state index in [9.17, 15) is 4.79 Å². The Morgan fingerprint density at radius 2 is 1.79 bits per heavy atom. The van der Waals surface area contributed by atoms with E-state index in [2.05, 4.69) is 0 Å². The molecule has 2 heterocycles. The summed E-state index contributed by atoms with van der Waals surface area (Å²) in [5, 5.41) is 0. The number of benzene rings is 2. The Morgan fingerprint density at radius 1 is 1.05 bits per heavy atom. The van der Waals surface area contributed by atoms with Crippen LogP contribution in [0.1, 0.15) is 22.0 Å². The lowest BCUT2D eigenvalue weighted by Crippen LogP contribution is -2.32. The van der Waals surface area contributed by atoms with Crippen LogP contribution in [0.5, 0.6) is 0 Å². The minimum absolute atomic E-state index is 0.0814. The van der Waals surface area contributed by atoms with Crippen LogP contribution in [0.15, 0.2) is 59.5 Å². The summed E-state index contributed by atoms with van der Waals surface area (Å²) in [6.45, 7) is 0. The first-order valence-electron chi connectivity index (χ1n) is 6.31. The van der Waals surface area contributed by atoms with E-state index in [1.54, 1.807) is 11.8 Å². The Morgan fingerprint density at radius 3 is 2.63 bits per heavy atom. The summed E-state index contributed by atoms with van der Waals surface area (Å²) in [6, 6.07) is 17.8. The molecule has 1 fully saturated rings. The van der Waals surface area contributed by atoms with Gasteiger partial charge in [0, 0.05) is 16.2 Å². The van der Waals surface area contributed by atoms with Gasteiger partial charge < -0.3 is 4.74 Å². The van der Waals surface area contributed by atoms with Crippen molar-refractivity contribution in [3.05, 3.63) is 65.7 Å². The van der Waals surface area contributed by atoms with Crippen LogP contribution >= 0.6 is 11.8 Å². The van der Waals surface area contributed by atoms with E-state index in [-0.39, 0.29) is 11.9 Å². The fourth-order valence-electron chi connectivity index (χ4n) is 2.68. The maximum absolute atomic E-state index is 12.6. The van der Waals surface area contributed by atoms with Crippen molar-refractivity contribution in [1.29, 1.82) is 0 Å². The highest BCUT2D eigenvalue weighted by Gasteiger charge is 2.64. The highest BCUT2D eigenvalue weighted by molar-refractivity contribution is 7.99. The molecule has 1 spiro atoms. The molecule has 0 radical (unpaired) electrons. The number of epoxide rings is 1. The average Bonchev–Trinajstić information content (AvgIpc) is 3.20. The molecule has 19 heavy (non-hydrogen) atoms. The minimum atomic E-state index is -0.625. The summed E-state index contributed by atoms with van der Waals surface area (Å²) in [4.78, 5) is 13.7. The van der Waals surface area contributed by atoms with Crippen LogP contribution in [0.2, 0.25) is 0 Å². The topological polar surface area (TPSA) is 29.6 Å². The molecule has 2 nitrogen and oxygen atoms in total. The van der Waals surface area contributed by atoms with E-state index in [0.717, 1.165) is 16.0 Å². The van der Waals surface area contributed by atoms with Gasteiger partial charge in [0.1, 0.15) is 6.10 Å². The van der Waals surface area contributed by atoms with Crippen molar-refractivity contribution in [2.24, 2.45) is 0 Å². The normalized spacial score (nSPS) is 28.2. The number of hydrogen-bond acceptors (Lipinski definition) is 3. The van der Waals surface area contributed by atoms with Crippen LogP contribution in [0.3, 0.4) is 0 Å². The van der Waals surface area contributed by atoms with Gasteiger partial charge in [0.05, 0.1) is 0 Å². The van der Waals surface area contributed by atoms with E-state index >= 15 is 0 Å². The summed E-state index contributed by atoms with van der Waals surface area (Å²) < 4.78 is 5.83. The van der Waals surface area contributed by atoms with E-state index < -0.39 is 5.60 Å². The predicted octanol–water partition coefficient (Wildman–Crippen LogP) is 3.49. The van der Waals surface area contributed by atoms with Gasteiger partial charge >= 0.3 is 0 Å². The molecule has 2 aromatic rings. The zero-order chi connectivity index (χ0) is 12.9. The van der Waals surface area contributed by atoms with Crippen molar-refractivity contribution in [3.63, 3.8) is 0 Å². The largest absolute Gasteiger partial charge is 0.351 e. The van der Waals surface area contributed by atoms with Crippen molar-refractivity contribution in [2.75, 3.05) is 5.75 Å². The number of ether oxygens (including phenoxy) is 1. The molecule has 0 unspecified atom stereocenters. The molecule has 4 rings (SSSR count). The summed E-state index contributed by atoms with van der Waals surface area (Å²) in [5.41, 5.74) is 1.27. The molecule has 1 saturated heterocycles. The number of thioether (sulfide) groups is 1. The van der Waals surface area contributed by atoms with Crippen LogP contribution in [0.25, 0.3) is 0 Å². The molecule has 0 aromatic heterocycles. The fourth-order valence-corrected chi connectivity index (χ4v) is 3.89. The maximum Gasteiger partial charge on any atom is 0.199 e. The van der Waals surface area contributed by atoms with Crippen LogP contribution in [0, 0.1) is 0 Å². The first kappa shape index (κ1) is 11.3. The summed E-state index contributed by atoms with van der Waals surface area (Å²) >= 11 is 1.71. The number of carbonyl (C=O) groups excluding carboxylic acids is 1. The summed E-state index contributed by atoms with van der Waals surface area (Å²) in [5.74, 6) is 0.846. The van der Waals surface area contributed by atoms with E-state index in [1.807, 2.05) is 54.6 Å². The van der Waals surface area contributed by atoms with Crippen molar-refractivity contribution in [3.8, 4) is 0 Å². The lowest BCUT2D eigenvalue weighted by atomic mass is 9.92. The fraction of sp³-hybridized carbons (Fsp3) is 0.188. The molecule has 0 aliphatic carbocycles. The van der Waals surface area contributed by atoms with Crippen LogP contribution in [-0.2, 0) is 4.74 Å². The third kappa shape index (κ3) is 1.58. The zero-order valence-corrected chi connectivity index (χ0v) is 11.0. The van der Waals surface area contributed by atoms with Gasteiger partial charge in [-0.05, 0) is 11.6 Å². The van der Waals surface area contributed by atoms with Crippen molar-refractivity contribution in [2.45, 2.75) is 16.6 Å². The molecule has 2 aliphatic rings. The highest BCUT2D eigenvalue weighted by Crippen LogP contribution is 2.56. The number of Topliss-reactive ketones (excluding diaryl/α,β-unsaturated/α-hetero) is 1. The van der Waals surface area contributed by atoms with Gasteiger partial charge in [-0.3, -0.25) is 4.79 Å². The Balaban J connectivity index is 1.71. The average molecular weight is 268 g/mol. The second kappa shape index (κ2) is 3.95. The lowest BCUT2D eigenvalue weighted by molar-refractivity contribution is 0.0885. The second-order valence-corrected chi connectivity index (χ2v) is 5.93. The van der Waals surface area contributed by atoms with Crippen molar-refractivity contribution >= 4 is 17.5 Å². The Kier molecular flexibility index (Phi) is 2.34. The van der Waals surface area contributed by atoms with Gasteiger partial charge in [0.25, 0.3) is 0 Å². The lowest BCUT2D eigenvalue weighted by Gasteiger charge is -2.20. The molecule has 0 N–H and O–H groups in total. The van der Waals surface area contributed by atoms with Gasteiger partial charge in [-0.15, -0.1) is 11.8 Å². The van der Waals surface area contributed by atoms with Crippen molar-refractivity contribution in [1.82, 2.24) is 0 Å². The Labute approximate surface area is 115 Å². The van der Waals surface area contributed by atoms with E-state index in [0.29, 0.717) is 5.75 Å². The molecule has 94 valence electrons. The van der Waals surface area contributed by atoms with Gasteiger partial charge in [-0.1, -0.05) is 48.5 Å². The first-order chi connectivity index (χ1) is 9.31. The molecular formula is C16H12O2S. The molecule has 2 aliphatic heterocycles. The number of rotatable bonds is 1. The SMILES string of the molecule is O=C1c2ccccc2SC[C@]12O[C@@H]2c1ccccc1. The smallest absolute Gasteiger partial charge is 0.199 e. The standard InChI is InChI=1S/C16H12O2S/c17-14-12-8-4-5-9-13(12)19-10-16(14)15(18-16)11-6-2-1-3-7-11/h1-9,15H,10H2/t15-,16+/m1/s1. The van der Waals surface area contributed by atoms with Crippen molar-refractivity contribution < 1.29 is 9.53 Å². The number of hydrogen-bond donors (Lipinski definition) is 0. The van der Waals surface area contributed by atoms with Crippen LogP contribution in [0.4, 0.5) is 0 Å².